The van der Waals surface area contributed by atoms with E-state index in [1.807, 2.05) is 0 Å². The van der Waals surface area contributed by atoms with Gasteiger partial charge in [-0.3, -0.25) is 9.59 Å². The molecule has 8 nitrogen and oxygen atoms in total. The molecule has 0 aliphatic heterocycles. The number of benzene rings is 2. The molecule has 0 radical (unpaired) electrons. The first-order chi connectivity index (χ1) is 13.4. The van der Waals surface area contributed by atoms with Gasteiger partial charge >= 0.3 is 23.9 Å². The monoisotopic (exact) mass is 386 g/mol. The number of carbonyl (C=O) groups is 4. The van der Waals surface area contributed by atoms with E-state index in [1.54, 1.807) is 12.1 Å². The molecule has 0 bridgehead atoms. The zero-order valence-corrected chi connectivity index (χ0v) is 15.3. The van der Waals surface area contributed by atoms with Crippen LogP contribution >= 0.6 is 0 Å². The van der Waals surface area contributed by atoms with Gasteiger partial charge in [0.2, 0.25) is 0 Å². The van der Waals surface area contributed by atoms with Crippen LogP contribution in [0.25, 0.3) is 0 Å². The minimum Gasteiger partial charge on any atom is -0.458 e. The molecule has 28 heavy (non-hydrogen) atoms. The molecule has 2 aromatic rings. The Morgan fingerprint density at radius 1 is 0.714 bits per heavy atom. The van der Waals surface area contributed by atoms with Crippen LogP contribution in [0.2, 0.25) is 0 Å². The van der Waals surface area contributed by atoms with E-state index in [4.69, 9.17) is 18.9 Å². The molecule has 0 unspecified atom stereocenters. The fourth-order valence-corrected chi connectivity index (χ4v) is 2.13. The summed E-state index contributed by atoms with van der Waals surface area (Å²) in [5.41, 5.74) is 0.340. The van der Waals surface area contributed by atoms with E-state index in [9.17, 15) is 19.2 Å². The van der Waals surface area contributed by atoms with Crippen molar-refractivity contribution in [2.45, 2.75) is 13.8 Å². The summed E-state index contributed by atoms with van der Waals surface area (Å²) in [6.45, 7) is 2.16. The second-order valence-electron chi connectivity index (χ2n) is 5.48. The Morgan fingerprint density at radius 3 is 1.89 bits per heavy atom. The molecule has 0 aliphatic carbocycles. The summed E-state index contributed by atoms with van der Waals surface area (Å²) in [4.78, 5) is 46.0. The van der Waals surface area contributed by atoms with Crippen LogP contribution in [0.5, 0.6) is 11.5 Å². The zero-order valence-electron chi connectivity index (χ0n) is 15.3. The molecule has 0 spiro atoms. The maximum atomic E-state index is 12.1. The highest BCUT2D eigenvalue weighted by Gasteiger charge is 2.15. The maximum Gasteiger partial charge on any atom is 0.342 e. The predicted molar refractivity (Wildman–Crippen MR) is 96.1 cm³/mol. The maximum absolute atomic E-state index is 12.1. The van der Waals surface area contributed by atoms with Gasteiger partial charge in [0.25, 0.3) is 0 Å². The first-order valence-corrected chi connectivity index (χ1v) is 8.27. The van der Waals surface area contributed by atoms with Gasteiger partial charge in [-0.1, -0.05) is 12.1 Å². The summed E-state index contributed by atoms with van der Waals surface area (Å²) in [6, 6.07) is 12.0. The fraction of sp³-hybridized carbons (Fsp3) is 0.200. The normalized spacial score (nSPS) is 9.93. The third-order valence-electron chi connectivity index (χ3n) is 3.26. The lowest BCUT2D eigenvalue weighted by molar-refractivity contribution is -0.132. The topological polar surface area (TPSA) is 105 Å². The summed E-state index contributed by atoms with van der Waals surface area (Å²) in [7, 11) is 0. The van der Waals surface area contributed by atoms with E-state index < -0.39 is 23.9 Å². The molecule has 0 fully saturated rings. The van der Waals surface area contributed by atoms with Gasteiger partial charge in [0, 0.05) is 13.8 Å². The molecule has 0 saturated carbocycles. The van der Waals surface area contributed by atoms with Crippen molar-refractivity contribution in [1.82, 2.24) is 0 Å². The summed E-state index contributed by atoms with van der Waals surface area (Å²) >= 11 is 0. The van der Waals surface area contributed by atoms with Gasteiger partial charge in [0.1, 0.15) is 30.3 Å². The number of hydrogen-bond donors (Lipinski definition) is 0. The molecule has 0 heterocycles. The number of para-hydroxylation sites is 1. The van der Waals surface area contributed by atoms with Gasteiger partial charge in [-0.25, -0.2) is 9.59 Å². The Kier molecular flexibility index (Phi) is 7.27. The van der Waals surface area contributed by atoms with Crippen LogP contribution < -0.4 is 9.47 Å². The minimum absolute atomic E-state index is 0.0878. The lowest BCUT2D eigenvalue weighted by atomic mass is 10.2. The van der Waals surface area contributed by atoms with Crippen molar-refractivity contribution in [3.05, 3.63) is 59.7 Å². The number of rotatable bonds is 7. The third-order valence-corrected chi connectivity index (χ3v) is 3.26. The van der Waals surface area contributed by atoms with Crippen molar-refractivity contribution < 1.29 is 38.1 Å². The van der Waals surface area contributed by atoms with Gasteiger partial charge in [-0.05, 0) is 36.4 Å². The Labute approximate surface area is 161 Å². The smallest absolute Gasteiger partial charge is 0.342 e. The Bertz CT molecular complexity index is 870. The molecule has 146 valence electrons. The number of carbonyl (C=O) groups excluding carboxylic acids is 4. The number of esters is 4. The van der Waals surface area contributed by atoms with Crippen LogP contribution in [0.3, 0.4) is 0 Å². The second-order valence-corrected chi connectivity index (χ2v) is 5.48. The van der Waals surface area contributed by atoms with Gasteiger partial charge in [-0.15, -0.1) is 0 Å². The van der Waals surface area contributed by atoms with Crippen molar-refractivity contribution in [2.24, 2.45) is 0 Å². The highest BCUT2D eigenvalue weighted by atomic mass is 16.6. The molecular formula is C20H18O8. The van der Waals surface area contributed by atoms with E-state index >= 15 is 0 Å². The average Bonchev–Trinajstić information content (AvgIpc) is 2.65. The van der Waals surface area contributed by atoms with E-state index in [-0.39, 0.29) is 30.1 Å². The van der Waals surface area contributed by atoms with E-state index in [0.717, 1.165) is 0 Å². The number of hydrogen-bond acceptors (Lipinski definition) is 8. The van der Waals surface area contributed by atoms with Crippen LogP contribution in [-0.2, 0) is 19.1 Å². The van der Waals surface area contributed by atoms with Crippen molar-refractivity contribution >= 4 is 23.9 Å². The van der Waals surface area contributed by atoms with Crippen molar-refractivity contribution in [3.8, 4) is 11.5 Å². The van der Waals surface area contributed by atoms with Gasteiger partial charge in [0.15, 0.2) is 0 Å². The molecule has 0 aliphatic rings. The predicted octanol–water partition coefficient (Wildman–Crippen LogP) is 2.55. The lowest BCUT2D eigenvalue weighted by Gasteiger charge is -2.09. The fourth-order valence-electron chi connectivity index (χ4n) is 2.13. The molecule has 0 aromatic heterocycles. The molecule has 8 heteroatoms. The minimum atomic E-state index is -0.710. The van der Waals surface area contributed by atoms with E-state index in [1.165, 1.54) is 50.2 Å². The van der Waals surface area contributed by atoms with Crippen LogP contribution in [0.1, 0.15) is 34.6 Å². The molecule has 0 atom stereocenters. The molecule has 2 aromatic carbocycles. The van der Waals surface area contributed by atoms with E-state index in [2.05, 4.69) is 0 Å². The molecule has 2 rings (SSSR count). The largest absolute Gasteiger partial charge is 0.458 e. The highest BCUT2D eigenvalue weighted by molar-refractivity contribution is 5.93. The molecular weight excluding hydrogens is 368 g/mol. The summed E-state index contributed by atoms with van der Waals surface area (Å²) in [5, 5.41) is 0. The van der Waals surface area contributed by atoms with Crippen LogP contribution in [-0.4, -0.2) is 37.1 Å². The number of ether oxygens (including phenoxy) is 4. The van der Waals surface area contributed by atoms with Crippen molar-refractivity contribution in [2.75, 3.05) is 13.2 Å². The second kappa shape index (κ2) is 9.86. The zero-order chi connectivity index (χ0) is 20.5. The standard InChI is InChI=1S/C20H18O8/c1-13(21)27-16-9-7-15(8-10-16)19(23)25-11-12-26-20(24)17-5-3-4-6-18(17)28-14(2)22/h3-10H,11-12H2,1-2H3. The first-order valence-electron chi connectivity index (χ1n) is 8.27. The highest BCUT2D eigenvalue weighted by Crippen LogP contribution is 2.19. The van der Waals surface area contributed by atoms with Crippen LogP contribution in [0, 0.1) is 0 Å². The average molecular weight is 386 g/mol. The molecule has 0 saturated heterocycles. The van der Waals surface area contributed by atoms with Crippen LogP contribution in [0.4, 0.5) is 0 Å². The first kappa shape index (κ1) is 20.6. The van der Waals surface area contributed by atoms with Crippen LogP contribution in [0.15, 0.2) is 48.5 Å². The Balaban J connectivity index is 1.82. The van der Waals surface area contributed by atoms with E-state index in [0.29, 0.717) is 5.75 Å². The van der Waals surface area contributed by atoms with Crippen molar-refractivity contribution in [1.29, 1.82) is 0 Å². The van der Waals surface area contributed by atoms with Gasteiger partial charge in [-0.2, -0.15) is 0 Å². The lowest BCUT2D eigenvalue weighted by Crippen LogP contribution is -2.15. The SMILES string of the molecule is CC(=O)Oc1ccc(C(=O)OCCOC(=O)c2ccccc2OC(C)=O)cc1. The third kappa shape index (κ3) is 6.24. The van der Waals surface area contributed by atoms with Crippen molar-refractivity contribution in [3.63, 3.8) is 0 Å². The summed E-state index contributed by atoms with van der Waals surface area (Å²) in [6.07, 6.45) is 0. The quantitative estimate of drug-likeness (QED) is 0.406. The Morgan fingerprint density at radius 2 is 1.29 bits per heavy atom. The van der Waals surface area contributed by atoms with Gasteiger partial charge < -0.3 is 18.9 Å². The Hall–Kier alpha value is -3.68. The molecule has 0 N–H and O–H groups in total. The summed E-state index contributed by atoms with van der Waals surface area (Å²) < 4.78 is 19.9. The molecule has 0 amide bonds. The summed E-state index contributed by atoms with van der Waals surface area (Å²) in [5.74, 6) is -1.96. The van der Waals surface area contributed by atoms with Gasteiger partial charge in [0.05, 0.1) is 5.56 Å².